The molecule has 2 N–H and O–H groups in total. The molecule has 0 aliphatic rings. The van der Waals surface area contributed by atoms with Crippen molar-refractivity contribution in [3.05, 3.63) is 53.4 Å². The zero-order valence-corrected chi connectivity index (χ0v) is 9.92. The molecule has 2 rings (SSSR count). The van der Waals surface area contributed by atoms with Crippen molar-refractivity contribution in [2.75, 3.05) is 7.05 Å². The molecule has 2 aromatic rings. The SMILES string of the molecule is CNC(c1ccc(C(F)(F)F)c(F)c1)c1ncc[nH]1. The third-order valence-corrected chi connectivity index (χ3v) is 2.71. The fraction of sp³-hybridized carbons (Fsp3) is 0.250. The summed E-state index contributed by atoms with van der Waals surface area (Å²) in [6, 6.07) is 2.34. The number of H-pyrrole nitrogens is 1. The van der Waals surface area contributed by atoms with Gasteiger partial charge in [-0.25, -0.2) is 9.37 Å². The van der Waals surface area contributed by atoms with E-state index in [2.05, 4.69) is 15.3 Å². The van der Waals surface area contributed by atoms with Crippen molar-refractivity contribution in [1.82, 2.24) is 15.3 Å². The topological polar surface area (TPSA) is 40.7 Å². The number of halogens is 4. The van der Waals surface area contributed by atoms with Crippen LogP contribution in [0.25, 0.3) is 0 Å². The predicted molar refractivity (Wildman–Crippen MR) is 60.9 cm³/mol. The van der Waals surface area contributed by atoms with Crippen molar-refractivity contribution in [3.63, 3.8) is 0 Å². The first-order valence-electron chi connectivity index (χ1n) is 5.46. The number of nitrogens with zero attached hydrogens (tertiary/aromatic N) is 1. The van der Waals surface area contributed by atoms with Gasteiger partial charge >= 0.3 is 6.18 Å². The van der Waals surface area contributed by atoms with Crippen molar-refractivity contribution < 1.29 is 17.6 Å². The maximum Gasteiger partial charge on any atom is 0.419 e. The number of aromatic amines is 1. The number of alkyl halides is 3. The minimum absolute atomic E-state index is 0.364. The van der Waals surface area contributed by atoms with Crippen LogP contribution in [0, 0.1) is 5.82 Å². The van der Waals surface area contributed by atoms with E-state index in [1.165, 1.54) is 12.3 Å². The van der Waals surface area contributed by atoms with E-state index in [1.807, 2.05) is 0 Å². The normalized spacial score (nSPS) is 13.5. The Morgan fingerprint density at radius 1 is 1.32 bits per heavy atom. The maximum absolute atomic E-state index is 13.5. The van der Waals surface area contributed by atoms with Crippen LogP contribution in [-0.2, 0) is 6.18 Å². The van der Waals surface area contributed by atoms with Gasteiger partial charge in [0.15, 0.2) is 0 Å². The van der Waals surface area contributed by atoms with Gasteiger partial charge < -0.3 is 10.3 Å². The molecule has 1 aromatic carbocycles. The third-order valence-electron chi connectivity index (χ3n) is 2.71. The van der Waals surface area contributed by atoms with Gasteiger partial charge in [0, 0.05) is 12.4 Å². The minimum atomic E-state index is -4.69. The monoisotopic (exact) mass is 273 g/mol. The predicted octanol–water partition coefficient (Wildman–Crippen LogP) is 2.88. The Bertz CT molecular complexity index is 549. The maximum atomic E-state index is 13.5. The number of nitrogens with one attached hydrogen (secondary N) is 2. The minimum Gasteiger partial charge on any atom is -0.347 e. The first kappa shape index (κ1) is 13.5. The molecule has 3 nitrogen and oxygen atoms in total. The first-order valence-corrected chi connectivity index (χ1v) is 5.46. The Labute approximate surface area is 106 Å². The van der Waals surface area contributed by atoms with Gasteiger partial charge in [-0.3, -0.25) is 0 Å². The van der Waals surface area contributed by atoms with E-state index in [9.17, 15) is 17.6 Å². The van der Waals surface area contributed by atoms with E-state index in [1.54, 1.807) is 13.2 Å². The molecular formula is C12H11F4N3. The Morgan fingerprint density at radius 2 is 2.05 bits per heavy atom. The van der Waals surface area contributed by atoms with Crippen molar-refractivity contribution >= 4 is 0 Å². The highest BCUT2D eigenvalue weighted by Gasteiger charge is 2.34. The largest absolute Gasteiger partial charge is 0.419 e. The van der Waals surface area contributed by atoms with Crippen molar-refractivity contribution in [2.45, 2.75) is 12.2 Å². The van der Waals surface area contributed by atoms with Gasteiger partial charge in [0.25, 0.3) is 0 Å². The average molecular weight is 273 g/mol. The highest BCUT2D eigenvalue weighted by atomic mass is 19.4. The Balaban J connectivity index is 2.39. The quantitative estimate of drug-likeness (QED) is 0.844. The number of hydrogen-bond acceptors (Lipinski definition) is 2. The van der Waals surface area contributed by atoms with Gasteiger partial charge in [-0.1, -0.05) is 6.07 Å². The van der Waals surface area contributed by atoms with Crippen LogP contribution in [0.2, 0.25) is 0 Å². The third kappa shape index (κ3) is 2.76. The molecule has 7 heteroatoms. The molecule has 19 heavy (non-hydrogen) atoms. The molecule has 0 fully saturated rings. The smallest absolute Gasteiger partial charge is 0.347 e. The lowest BCUT2D eigenvalue weighted by Crippen LogP contribution is -2.20. The summed E-state index contributed by atoms with van der Waals surface area (Å²) in [5.74, 6) is -0.793. The van der Waals surface area contributed by atoms with Gasteiger partial charge in [0.1, 0.15) is 11.6 Å². The van der Waals surface area contributed by atoms with Crippen LogP contribution in [0.1, 0.15) is 23.0 Å². The van der Waals surface area contributed by atoms with Gasteiger partial charge in [0.05, 0.1) is 11.6 Å². The molecule has 0 aliphatic heterocycles. The van der Waals surface area contributed by atoms with E-state index in [-0.39, 0.29) is 0 Å². The molecule has 0 bridgehead atoms. The van der Waals surface area contributed by atoms with Crippen molar-refractivity contribution in [1.29, 1.82) is 0 Å². The molecule has 1 atom stereocenters. The molecule has 0 saturated carbocycles. The Morgan fingerprint density at radius 3 is 2.53 bits per heavy atom. The molecule has 102 valence electrons. The van der Waals surface area contributed by atoms with Crippen molar-refractivity contribution in [3.8, 4) is 0 Å². The summed E-state index contributed by atoms with van der Waals surface area (Å²) in [5.41, 5.74) is -0.909. The van der Waals surface area contributed by atoms with E-state index in [0.717, 1.165) is 12.1 Å². The molecular weight excluding hydrogens is 262 g/mol. The number of benzene rings is 1. The Hall–Kier alpha value is -1.89. The molecule has 1 heterocycles. The van der Waals surface area contributed by atoms with Gasteiger partial charge in [-0.15, -0.1) is 0 Å². The van der Waals surface area contributed by atoms with E-state index < -0.39 is 23.6 Å². The lowest BCUT2D eigenvalue weighted by molar-refractivity contribution is -0.140. The molecule has 1 aromatic heterocycles. The van der Waals surface area contributed by atoms with E-state index >= 15 is 0 Å². The van der Waals surface area contributed by atoms with Gasteiger partial charge in [-0.05, 0) is 24.7 Å². The summed E-state index contributed by atoms with van der Waals surface area (Å²) in [7, 11) is 1.61. The van der Waals surface area contributed by atoms with Crippen LogP contribution < -0.4 is 5.32 Å². The highest BCUT2D eigenvalue weighted by Crippen LogP contribution is 2.32. The first-order chi connectivity index (χ1) is 8.93. The number of rotatable bonds is 3. The summed E-state index contributed by atoms with van der Waals surface area (Å²) in [6.07, 6.45) is -1.59. The lowest BCUT2D eigenvalue weighted by atomic mass is 10.0. The fourth-order valence-electron chi connectivity index (χ4n) is 1.84. The summed E-state index contributed by atoms with van der Waals surface area (Å²) >= 11 is 0. The van der Waals surface area contributed by atoms with Crippen LogP contribution in [0.5, 0.6) is 0 Å². The summed E-state index contributed by atoms with van der Waals surface area (Å²) < 4.78 is 50.9. The second-order valence-electron chi connectivity index (χ2n) is 3.93. The van der Waals surface area contributed by atoms with Gasteiger partial charge in [0.2, 0.25) is 0 Å². The summed E-state index contributed by atoms with van der Waals surface area (Å²) in [6.45, 7) is 0. The summed E-state index contributed by atoms with van der Waals surface area (Å²) in [5, 5.41) is 2.86. The van der Waals surface area contributed by atoms with Crippen molar-refractivity contribution in [2.24, 2.45) is 0 Å². The second-order valence-corrected chi connectivity index (χ2v) is 3.93. The lowest BCUT2D eigenvalue weighted by Gasteiger charge is -2.16. The standard InChI is InChI=1S/C12H11F4N3/c1-17-10(11-18-4-5-19-11)7-2-3-8(9(13)6-7)12(14,15)16/h2-6,10,17H,1H3,(H,18,19). The molecule has 1 unspecified atom stereocenters. The van der Waals surface area contributed by atoms with Crippen LogP contribution in [0.15, 0.2) is 30.6 Å². The van der Waals surface area contributed by atoms with Crippen LogP contribution in [-0.4, -0.2) is 17.0 Å². The van der Waals surface area contributed by atoms with Crippen LogP contribution >= 0.6 is 0 Å². The van der Waals surface area contributed by atoms with E-state index in [0.29, 0.717) is 11.4 Å². The van der Waals surface area contributed by atoms with Gasteiger partial charge in [-0.2, -0.15) is 13.2 Å². The molecule has 0 aliphatic carbocycles. The molecule has 0 saturated heterocycles. The number of aromatic nitrogens is 2. The fourth-order valence-corrected chi connectivity index (χ4v) is 1.84. The zero-order chi connectivity index (χ0) is 14.0. The molecule has 0 amide bonds. The zero-order valence-electron chi connectivity index (χ0n) is 9.92. The second kappa shape index (κ2) is 5.00. The molecule has 0 spiro atoms. The van der Waals surface area contributed by atoms with Crippen LogP contribution in [0.4, 0.5) is 17.6 Å². The number of imidazole rings is 1. The van der Waals surface area contributed by atoms with Crippen LogP contribution in [0.3, 0.4) is 0 Å². The average Bonchev–Trinajstić information content (AvgIpc) is 2.82. The molecule has 0 radical (unpaired) electrons. The highest BCUT2D eigenvalue weighted by molar-refractivity contribution is 5.31. The number of hydrogen-bond donors (Lipinski definition) is 2. The van der Waals surface area contributed by atoms with E-state index in [4.69, 9.17) is 0 Å². The Kier molecular flexibility index (Phi) is 3.57. The summed E-state index contributed by atoms with van der Waals surface area (Å²) in [4.78, 5) is 6.83.